The number of hydrogen-bond acceptors (Lipinski definition) is 8. The number of likely N-dealkylation sites (tertiary alicyclic amines) is 1. The molecule has 3 rings (SSSR count). The van der Waals surface area contributed by atoms with Crippen molar-refractivity contribution in [3.8, 4) is 6.07 Å². The Bertz CT molecular complexity index is 1130. The second kappa shape index (κ2) is 12.1. The van der Waals surface area contributed by atoms with Gasteiger partial charge in [-0.05, 0) is 44.3 Å². The number of nitrogens with one attached hydrogen (secondary N) is 3. The predicted octanol–water partition coefficient (Wildman–Crippen LogP) is 2.28. The largest absolute Gasteiger partial charge is 0.365 e. The van der Waals surface area contributed by atoms with E-state index in [0.29, 0.717) is 32.5 Å². The Balaban J connectivity index is 1.66. The number of rotatable bonds is 12. The molecule has 1 saturated carbocycles. The first-order chi connectivity index (χ1) is 17.3. The number of hydrazone groups is 1. The van der Waals surface area contributed by atoms with E-state index < -0.39 is 11.4 Å². The molecule has 1 saturated heterocycles. The van der Waals surface area contributed by atoms with Crippen LogP contribution in [0, 0.1) is 22.7 Å². The molecule has 190 valence electrons. The molecular weight excluding hydrogens is 458 g/mol. The molecule has 2 heterocycles. The van der Waals surface area contributed by atoms with E-state index in [1.165, 1.54) is 6.21 Å². The molecule has 11 heteroatoms. The fourth-order valence-corrected chi connectivity index (χ4v) is 4.11. The molecule has 1 aliphatic heterocycles. The fourth-order valence-electron chi connectivity index (χ4n) is 4.11. The summed E-state index contributed by atoms with van der Waals surface area (Å²) in [4.78, 5) is 26.5. The number of carbonyl (C=O) groups excluding carboxylic acids is 2. The van der Waals surface area contributed by atoms with Crippen molar-refractivity contribution in [2.75, 3.05) is 25.0 Å². The number of allylic oxidation sites excluding steroid dienone is 2. The van der Waals surface area contributed by atoms with E-state index in [9.17, 15) is 14.9 Å². The fraction of sp³-hybridized carbons (Fsp3) is 0.440. The third-order valence-electron chi connectivity index (χ3n) is 6.43. The van der Waals surface area contributed by atoms with Gasteiger partial charge in [-0.25, -0.2) is 0 Å². The summed E-state index contributed by atoms with van der Waals surface area (Å²) in [6.07, 6.45) is 12.8. The molecule has 0 radical (unpaired) electrons. The molecule has 2 amide bonds. The van der Waals surface area contributed by atoms with Gasteiger partial charge >= 0.3 is 0 Å². The van der Waals surface area contributed by atoms with Crippen LogP contribution in [-0.4, -0.2) is 58.6 Å². The number of primary amides is 1. The number of nitrogens with zero attached hydrogens (tertiary/aromatic N) is 5. The van der Waals surface area contributed by atoms with Crippen molar-refractivity contribution in [2.45, 2.75) is 44.6 Å². The Labute approximate surface area is 210 Å². The molecule has 0 unspecified atom stereocenters. The van der Waals surface area contributed by atoms with Crippen molar-refractivity contribution in [1.29, 1.82) is 10.7 Å². The van der Waals surface area contributed by atoms with Gasteiger partial charge in [-0.1, -0.05) is 18.7 Å². The molecule has 0 aromatic carbocycles. The first-order valence-corrected chi connectivity index (χ1v) is 11.9. The van der Waals surface area contributed by atoms with Gasteiger partial charge in [0, 0.05) is 38.0 Å². The molecular formula is C25H33N9O2. The Kier molecular flexibility index (Phi) is 8.91. The van der Waals surface area contributed by atoms with Gasteiger partial charge in [0.15, 0.2) is 5.82 Å². The maximum absolute atomic E-state index is 12.3. The number of nitriles is 1. The molecule has 0 bridgehead atoms. The lowest BCUT2D eigenvalue weighted by atomic mass is 9.84. The van der Waals surface area contributed by atoms with Crippen molar-refractivity contribution < 1.29 is 9.59 Å². The summed E-state index contributed by atoms with van der Waals surface area (Å²) < 4.78 is 1.66. The van der Waals surface area contributed by atoms with Gasteiger partial charge in [0.05, 0.1) is 29.9 Å². The maximum Gasteiger partial charge on any atom is 0.254 e. The summed E-state index contributed by atoms with van der Waals surface area (Å²) in [5.74, 6) is -0.700. The van der Waals surface area contributed by atoms with Crippen molar-refractivity contribution in [3.63, 3.8) is 0 Å². The van der Waals surface area contributed by atoms with Crippen LogP contribution in [0.2, 0.25) is 0 Å². The van der Waals surface area contributed by atoms with E-state index in [-0.39, 0.29) is 29.6 Å². The Morgan fingerprint density at radius 1 is 1.39 bits per heavy atom. The van der Waals surface area contributed by atoms with Crippen molar-refractivity contribution >= 4 is 30.1 Å². The highest BCUT2D eigenvalue weighted by molar-refractivity contribution is 6.14. The molecule has 0 spiro atoms. The third kappa shape index (κ3) is 6.76. The number of nitrogens with two attached hydrogens (primary N) is 1. The minimum atomic E-state index is -0.668. The maximum atomic E-state index is 12.3. The number of piperidine rings is 1. The molecule has 5 N–H and O–H groups in total. The van der Waals surface area contributed by atoms with Crippen LogP contribution in [0.5, 0.6) is 0 Å². The molecule has 0 atom stereocenters. The summed E-state index contributed by atoms with van der Waals surface area (Å²) in [7, 11) is 0. The van der Waals surface area contributed by atoms with Gasteiger partial charge in [-0.3, -0.25) is 24.6 Å². The highest BCUT2D eigenvalue weighted by Gasteiger charge is 2.39. The van der Waals surface area contributed by atoms with Crippen LogP contribution >= 0.6 is 0 Å². The monoisotopic (exact) mass is 491 g/mol. The average Bonchev–Trinajstić information content (AvgIpc) is 3.62. The number of carbonyl (C=O) groups is 2. The van der Waals surface area contributed by atoms with Gasteiger partial charge in [-0.15, -0.1) is 0 Å². The number of anilines is 1. The van der Waals surface area contributed by atoms with E-state index in [2.05, 4.69) is 38.5 Å². The van der Waals surface area contributed by atoms with Gasteiger partial charge in [0.1, 0.15) is 5.56 Å². The lowest BCUT2D eigenvalue weighted by Gasteiger charge is -2.40. The molecule has 2 aliphatic rings. The van der Waals surface area contributed by atoms with E-state index in [1.807, 2.05) is 25.2 Å². The Hall–Kier alpha value is -4.04. The van der Waals surface area contributed by atoms with Crippen LogP contribution in [-0.2, 0) is 10.3 Å². The van der Waals surface area contributed by atoms with Gasteiger partial charge in [0.25, 0.3) is 5.91 Å². The molecule has 1 aromatic heterocycles. The molecule has 1 aromatic rings. The van der Waals surface area contributed by atoms with Crippen LogP contribution in [0.4, 0.5) is 5.82 Å². The highest BCUT2D eigenvalue weighted by atomic mass is 16.2. The highest BCUT2D eigenvalue weighted by Crippen LogP contribution is 2.35. The quantitative estimate of drug-likeness (QED) is 0.199. The Morgan fingerprint density at radius 3 is 2.69 bits per heavy atom. The van der Waals surface area contributed by atoms with Gasteiger partial charge in [0.2, 0.25) is 5.91 Å². The van der Waals surface area contributed by atoms with E-state index in [4.69, 9.17) is 11.1 Å². The second-order valence-electron chi connectivity index (χ2n) is 9.09. The summed E-state index contributed by atoms with van der Waals surface area (Å²) in [6.45, 7) is 8.11. The van der Waals surface area contributed by atoms with Crippen LogP contribution in [0.25, 0.3) is 0 Å². The van der Waals surface area contributed by atoms with Gasteiger partial charge in [-0.2, -0.15) is 15.5 Å². The first kappa shape index (κ1) is 26.6. The number of hydrogen-bond donors (Lipinski definition) is 4. The molecule has 2 fully saturated rings. The zero-order valence-electron chi connectivity index (χ0n) is 20.5. The average molecular weight is 492 g/mol. The summed E-state index contributed by atoms with van der Waals surface area (Å²) in [6, 6.07) is 2.27. The zero-order valence-corrected chi connectivity index (χ0v) is 20.5. The third-order valence-corrected chi connectivity index (χ3v) is 6.43. The van der Waals surface area contributed by atoms with Crippen molar-refractivity contribution in [3.05, 3.63) is 47.8 Å². The van der Waals surface area contributed by atoms with Crippen LogP contribution in [0.3, 0.4) is 0 Å². The minimum absolute atomic E-state index is 0.0384. The summed E-state index contributed by atoms with van der Waals surface area (Å²) >= 11 is 0. The first-order valence-electron chi connectivity index (χ1n) is 11.9. The summed E-state index contributed by atoms with van der Waals surface area (Å²) in [5.41, 5.74) is 9.66. The zero-order chi connectivity index (χ0) is 26.1. The normalized spacial score (nSPS) is 18.2. The molecule has 1 aliphatic carbocycles. The van der Waals surface area contributed by atoms with Crippen LogP contribution in [0.15, 0.2) is 47.4 Å². The van der Waals surface area contributed by atoms with Crippen LogP contribution < -0.4 is 16.5 Å². The predicted molar refractivity (Wildman–Crippen MR) is 138 cm³/mol. The Morgan fingerprint density at radius 2 is 2.11 bits per heavy atom. The lowest BCUT2D eigenvalue weighted by molar-refractivity contribution is -0.117. The number of aromatic nitrogens is 2. The molecule has 36 heavy (non-hydrogen) atoms. The van der Waals surface area contributed by atoms with E-state index >= 15 is 0 Å². The SMILES string of the molecule is C=C(/C=C\C(=C/C)N/N=C\C=N)CN1CCC(CC#N)(n2cc(C(N)=O)c(NC(=O)C3CC3)n2)CC1. The standard InChI is InChI=1S/C25H33N9O2/c1-3-20(31-29-13-12-27)7-4-18(2)16-33-14-9-25(8-11-26,10-15-33)34-17-21(22(28)35)23(32-34)30-24(36)19-5-6-19/h3-4,7,12-13,17,19,27,31H,2,5-6,8-10,14-16H2,1H3,(H2,28,35)(H,30,32,36)/b7-4-,20-3+,27-12?,29-13-. The number of amides is 2. The summed E-state index contributed by atoms with van der Waals surface area (Å²) in [5, 5.41) is 27.7. The van der Waals surface area contributed by atoms with Crippen molar-refractivity contribution in [2.24, 2.45) is 16.8 Å². The van der Waals surface area contributed by atoms with Crippen molar-refractivity contribution in [1.82, 2.24) is 20.1 Å². The van der Waals surface area contributed by atoms with E-state index in [1.54, 1.807) is 10.9 Å². The lowest BCUT2D eigenvalue weighted by Crippen LogP contribution is -2.46. The minimum Gasteiger partial charge on any atom is -0.365 e. The van der Waals surface area contributed by atoms with Gasteiger partial charge < -0.3 is 16.5 Å². The van der Waals surface area contributed by atoms with Crippen LogP contribution in [0.1, 0.15) is 49.4 Å². The molecule has 11 nitrogen and oxygen atoms in total. The second-order valence-corrected chi connectivity index (χ2v) is 9.09. The smallest absolute Gasteiger partial charge is 0.254 e. The van der Waals surface area contributed by atoms with E-state index in [0.717, 1.165) is 30.3 Å². The topological polar surface area (TPSA) is 165 Å².